The van der Waals surface area contributed by atoms with Gasteiger partial charge in [-0.3, -0.25) is 9.59 Å². The molecule has 0 aromatic heterocycles. The number of benzene rings is 1. The summed E-state index contributed by atoms with van der Waals surface area (Å²) in [6.07, 6.45) is 3.60. The fourth-order valence-electron chi connectivity index (χ4n) is 1.68. The van der Waals surface area contributed by atoms with E-state index in [-0.39, 0.29) is 11.9 Å². The van der Waals surface area contributed by atoms with E-state index in [9.17, 15) is 9.59 Å². The monoisotopic (exact) mass is 234 g/mol. The molecule has 0 saturated heterocycles. The summed E-state index contributed by atoms with van der Waals surface area (Å²) in [4.78, 5) is 22.3. The van der Waals surface area contributed by atoms with E-state index in [4.69, 9.17) is 9.47 Å². The van der Waals surface area contributed by atoms with Crippen LogP contribution < -0.4 is 9.47 Å². The van der Waals surface area contributed by atoms with Gasteiger partial charge in [-0.2, -0.15) is 0 Å². The Morgan fingerprint density at radius 2 is 2.12 bits per heavy atom. The normalized spacial score (nSPS) is 14.9. The van der Waals surface area contributed by atoms with Crippen LogP contribution in [0.25, 0.3) is 0 Å². The zero-order chi connectivity index (χ0) is 12.3. The quantitative estimate of drug-likeness (QED) is 0.455. The third kappa shape index (κ3) is 2.46. The van der Waals surface area contributed by atoms with Crippen molar-refractivity contribution in [2.45, 2.75) is 19.3 Å². The Labute approximate surface area is 99.5 Å². The zero-order valence-electron chi connectivity index (χ0n) is 9.64. The highest BCUT2D eigenvalue weighted by atomic mass is 16.6. The summed E-state index contributed by atoms with van der Waals surface area (Å²) >= 11 is 0. The lowest BCUT2D eigenvalue weighted by Gasteiger charge is -2.23. The van der Waals surface area contributed by atoms with E-state index in [1.54, 1.807) is 18.2 Å². The van der Waals surface area contributed by atoms with E-state index in [1.165, 1.54) is 7.11 Å². The van der Waals surface area contributed by atoms with Gasteiger partial charge in [0, 0.05) is 5.56 Å². The van der Waals surface area contributed by atoms with Gasteiger partial charge in [-0.1, -0.05) is 6.42 Å². The third-order valence-corrected chi connectivity index (χ3v) is 2.97. The highest BCUT2D eigenvalue weighted by molar-refractivity contribution is 5.79. The van der Waals surface area contributed by atoms with Gasteiger partial charge >= 0.3 is 5.97 Å². The van der Waals surface area contributed by atoms with Gasteiger partial charge in [-0.05, 0) is 31.0 Å². The highest BCUT2D eigenvalue weighted by Gasteiger charge is 2.27. The smallest absolute Gasteiger partial charge is 0.314 e. The van der Waals surface area contributed by atoms with Gasteiger partial charge in [0.25, 0.3) is 0 Å². The maximum atomic E-state index is 11.7. The number of carbonyl (C=O) groups excluding carboxylic acids is 2. The maximum Gasteiger partial charge on any atom is 0.314 e. The molecule has 1 aliphatic carbocycles. The number of methoxy groups -OCH3 is 1. The molecule has 0 unspecified atom stereocenters. The predicted molar refractivity (Wildman–Crippen MR) is 61.4 cm³/mol. The Bertz CT molecular complexity index is 435. The topological polar surface area (TPSA) is 52.6 Å². The summed E-state index contributed by atoms with van der Waals surface area (Å²) in [6.45, 7) is 0. The number of esters is 1. The minimum Gasteiger partial charge on any atom is -0.493 e. The Balaban J connectivity index is 2.13. The molecule has 4 nitrogen and oxygen atoms in total. The summed E-state index contributed by atoms with van der Waals surface area (Å²) in [6, 6.07) is 4.73. The van der Waals surface area contributed by atoms with Gasteiger partial charge in [0.05, 0.1) is 13.0 Å². The van der Waals surface area contributed by atoms with Crippen LogP contribution in [-0.2, 0) is 4.79 Å². The molecule has 1 fully saturated rings. The molecule has 0 atom stereocenters. The van der Waals surface area contributed by atoms with Gasteiger partial charge in [0.1, 0.15) is 6.29 Å². The average Bonchev–Trinajstić information content (AvgIpc) is 2.27. The second-order valence-electron chi connectivity index (χ2n) is 4.08. The van der Waals surface area contributed by atoms with Gasteiger partial charge < -0.3 is 9.47 Å². The summed E-state index contributed by atoms with van der Waals surface area (Å²) in [7, 11) is 1.48. The first kappa shape index (κ1) is 11.6. The van der Waals surface area contributed by atoms with Crippen LogP contribution in [0.4, 0.5) is 0 Å². The summed E-state index contributed by atoms with van der Waals surface area (Å²) in [5.41, 5.74) is 0.491. The highest BCUT2D eigenvalue weighted by Crippen LogP contribution is 2.32. The Kier molecular flexibility index (Phi) is 3.42. The second kappa shape index (κ2) is 4.99. The first-order chi connectivity index (χ1) is 8.24. The number of hydrogen-bond donors (Lipinski definition) is 0. The van der Waals surface area contributed by atoms with Crippen LogP contribution in [-0.4, -0.2) is 19.4 Å². The van der Waals surface area contributed by atoms with Crippen molar-refractivity contribution in [2.75, 3.05) is 7.11 Å². The Morgan fingerprint density at radius 1 is 1.35 bits per heavy atom. The molecule has 0 radical (unpaired) electrons. The van der Waals surface area contributed by atoms with Crippen molar-refractivity contribution in [1.29, 1.82) is 0 Å². The van der Waals surface area contributed by atoms with Crippen LogP contribution in [0, 0.1) is 5.92 Å². The molecule has 0 amide bonds. The van der Waals surface area contributed by atoms with Crippen LogP contribution in [0.1, 0.15) is 29.6 Å². The summed E-state index contributed by atoms with van der Waals surface area (Å²) in [5.74, 6) is 0.580. The first-order valence-corrected chi connectivity index (χ1v) is 5.59. The molecule has 1 aromatic carbocycles. The molecule has 0 bridgehead atoms. The van der Waals surface area contributed by atoms with Crippen molar-refractivity contribution in [3.05, 3.63) is 23.8 Å². The lowest BCUT2D eigenvalue weighted by molar-refractivity contribution is -0.141. The maximum absolute atomic E-state index is 11.7. The lowest BCUT2D eigenvalue weighted by atomic mass is 9.86. The SMILES string of the molecule is COc1cc(C=O)ccc1OC(=O)C1CCC1. The number of rotatable bonds is 4. The van der Waals surface area contributed by atoms with E-state index in [0.717, 1.165) is 25.5 Å². The van der Waals surface area contributed by atoms with Crippen molar-refractivity contribution >= 4 is 12.3 Å². The van der Waals surface area contributed by atoms with E-state index in [2.05, 4.69) is 0 Å². The molecule has 0 aliphatic heterocycles. The molecule has 2 rings (SSSR count). The molecule has 1 aliphatic rings. The van der Waals surface area contributed by atoms with Crippen LogP contribution >= 0.6 is 0 Å². The molecule has 0 spiro atoms. The van der Waals surface area contributed by atoms with Gasteiger partial charge in [0.15, 0.2) is 11.5 Å². The van der Waals surface area contributed by atoms with E-state index in [1.807, 2.05) is 0 Å². The van der Waals surface area contributed by atoms with E-state index < -0.39 is 0 Å². The standard InChI is InChI=1S/C13H14O4/c1-16-12-7-9(8-14)5-6-11(12)17-13(15)10-3-2-4-10/h5-8,10H,2-4H2,1H3. The van der Waals surface area contributed by atoms with Crippen molar-refractivity contribution in [1.82, 2.24) is 0 Å². The Morgan fingerprint density at radius 3 is 2.65 bits per heavy atom. The van der Waals surface area contributed by atoms with Gasteiger partial charge in [-0.15, -0.1) is 0 Å². The minimum absolute atomic E-state index is 0.0189. The van der Waals surface area contributed by atoms with Gasteiger partial charge in [0.2, 0.25) is 0 Å². The molecular weight excluding hydrogens is 220 g/mol. The molecule has 1 aromatic rings. The number of ether oxygens (including phenoxy) is 2. The number of aldehydes is 1. The van der Waals surface area contributed by atoms with Crippen molar-refractivity contribution in [3.63, 3.8) is 0 Å². The van der Waals surface area contributed by atoms with E-state index >= 15 is 0 Å². The number of carbonyl (C=O) groups is 2. The van der Waals surface area contributed by atoms with Crippen LogP contribution in [0.3, 0.4) is 0 Å². The van der Waals surface area contributed by atoms with Crippen molar-refractivity contribution in [3.8, 4) is 11.5 Å². The van der Waals surface area contributed by atoms with Crippen LogP contribution in [0.2, 0.25) is 0 Å². The summed E-state index contributed by atoms with van der Waals surface area (Å²) in [5, 5.41) is 0. The fraction of sp³-hybridized carbons (Fsp3) is 0.385. The molecule has 17 heavy (non-hydrogen) atoms. The number of hydrogen-bond acceptors (Lipinski definition) is 4. The lowest BCUT2D eigenvalue weighted by Crippen LogP contribution is -2.26. The molecule has 0 N–H and O–H groups in total. The van der Waals surface area contributed by atoms with Gasteiger partial charge in [-0.25, -0.2) is 0 Å². The zero-order valence-corrected chi connectivity index (χ0v) is 9.64. The predicted octanol–water partition coefficient (Wildman–Crippen LogP) is 2.21. The third-order valence-electron chi connectivity index (χ3n) is 2.97. The fourth-order valence-corrected chi connectivity index (χ4v) is 1.68. The van der Waals surface area contributed by atoms with Crippen molar-refractivity contribution in [2.24, 2.45) is 5.92 Å². The molecular formula is C13H14O4. The van der Waals surface area contributed by atoms with E-state index in [0.29, 0.717) is 17.1 Å². The molecule has 90 valence electrons. The van der Waals surface area contributed by atoms with Crippen LogP contribution in [0.15, 0.2) is 18.2 Å². The average molecular weight is 234 g/mol. The molecule has 0 heterocycles. The summed E-state index contributed by atoms with van der Waals surface area (Å²) < 4.78 is 10.3. The molecule has 4 heteroatoms. The second-order valence-corrected chi connectivity index (χ2v) is 4.08. The first-order valence-electron chi connectivity index (χ1n) is 5.59. The minimum atomic E-state index is -0.214. The molecule has 1 saturated carbocycles. The van der Waals surface area contributed by atoms with Crippen molar-refractivity contribution < 1.29 is 19.1 Å². The van der Waals surface area contributed by atoms with Crippen LogP contribution in [0.5, 0.6) is 11.5 Å². The largest absolute Gasteiger partial charge is 0.493 e. The Hall–Kier alpha value is -1.84.